The Kier molecular flexibility index (Phi) is 6.96. The lowest BCUT2D eigenvalue weighted by atomic mass is 9.80. The third kappa shape index (κ3) is 5.14. The fourth-order valence-electron chi connectivity index (χ4n) is 3.69. The average molecular weight is 457 g/mol. The van der Waals surface area contributed by atoms with Crippen molar-refractivity contribution in [1.29, 1.82) is 0 Å². The Hall–Kier alpha value is -2.83. The minimum Gasteiger partial charge on any atom is -0.474 e. The lowest BCUT2D eigenvalue weighted by Gasteiger charge is -2.34. The molecule has 12 heteroatoms. The Balaban J connectivity index is 1.79. The molecule has 1 aliphatic rings. The first-order valence-electron chi connectivity index (χ1n) is 9.69. The monoisotopic (exact) mass is 457 g/mol. The topological polar surface area (TPSA) is 111 Å². The molecule has 1 amide bonds. The maximum absolute atomic E-state index is 14.6. The molecule has 3 rings (SSSR count). The Morgan fingerprint density at radius 2 is 2.06 bits per heavy atom. The number of nitrogens with two attached hydrogens (primary N) is 1. The van der Waals surface area contributed by atoms with Crippen LogP contribution in [0.25, 0.3) is 0 Å². The lowest BCUT2D eigenvalue weighted by molar-refractivity contribution is -0.188. The third-order valence-electron chi connectivity index (χ3n) is 5.25. The second kappa shape index (κ2) is 9.35. The van der Waals surface area contributed by atoms with Crippen molar-refractivity contribution in [2.75, 3.05) is 25.6 Å². The van der Waals surface area contributed by atoms with Gasteiger partial charge in [-0.2, -0.15) is 13.2 Å². The fourth-order valence-corrected chi connectivity index (χ4v) is 3.69. The van der Waals surface area contributed by atoms with E-state index in [2.05, 4.69) is 20.6 Å². The number of amides is 1. The molecule has 0 saturated carbocycles. The zero-order chi connectivity index (χ0) is 23.5. The van der Waals surface area contributed by atoms with Crippen LogP contribution in [0.2, 0.25) is 0 Å². The predicted octanol–water partition coefficient (Wildman–Crippen LogP) is 2.57. The van der Waals surface area contributed by atoms with Crippen LogP contribution in [0.15, 0.2) is 30.6 Å². The number of alkyl halides is 3. The third-order valence-corrected chi connectivity index (χ3v) is 5.25. The number of hydrogen-bond acceptors (Lipinski definition) is 7. The molecule has 3 atom stereocenters. The Bertz CT molecular complexity index is 957. The molecule has 32 heavy (non-hydrogen) atoms. The number of nitrogens with one attached hydrogen (secondary N) is 2. The van der Waals surface area contributed by atoms with E-state index in [9.17, 15) is 22.4 Å². The van der Waals surface area contributed by atoms with Crippen molar-refractivity contribution in [3.8, 4) is 5.88 Å². The zero-order valence-corrected chi connectivity index (χ0v) is 17.4. The van der Waals surface area contributed by atoms with Crippen molar-refractivity contribution in [2.24, 2.45) is 11.7 Å². The molecule has 1 aromatic heterocycles. The van der Waals surface area contributed by atoms with Crippen molar-refractivity contribution in [3.05, 3.63) is 47.7 Å². The van der Waals surface area contributed by atoms with Crippen molar-refractivity contribution >= 4 is 11.6 Å². The summed E-state index contributed by atoms with van der Waals surface area (Å²) in [7, 11) is 1.52. The van der Waals surface area contributed by atoms with Crippen molar-refractivity contribution in [1.82, 2.24) is 15.3 Å². The van der Waals surface area contributed by atoms with E-state index < -0.39 is 41.9 Å². The Morgan fingerprint density at radius 1 is 1.31 bits per heavy atom. The van der Waals surface area contributed by atoms with Crippen LogP contribution in [0.4, 0.5) is 23.2 Å². The largest absolute Gasteiger partial charge is 0.474 e. The maximum atomic E-state index is 14.6. The minimum absolute atomic E-state index is 0.0599. The van der Waals surface area contributed by atoms with E-state index in [-0.39, 0.29) is 29.4 Å². The summed E-state index contributed by atoms with van der Waals surface area (Å²) in [5.41, 5.74) is 3.68. The quantitative estimate of drug-likeness (QED) is 0.433. The number of aromatic nitrogens is 2. The van der Waals surface area contributed by atoms with Crippen LogP contribution in [0.5, 0.6) is 5.88 Å². The van der Waals surface area contributed by atoms with Crippen LogP contribution in [0.1, 0.15) is 29.4 Å². The van der Waals surface area contributed by atoms with E-state index in [0.29, 0.717) is 6.61 Å². The number of halogens is 4. The highest BCUT2D eigenvalue weighted by molar-refractivity contribution is 6.02. The van der Waals surface area contributed by atoms with Crippen LogP contribution in [-0.4, -0.2) is 48.5 Å². The van der Waals surface area contributed by atoms with Crippen molar-refractivity contribution in [3.63, 3.8) is 0 Å². The van der Waals surface area contributed by atoms with E-state index in [1.165, 1.54) is 32.5 Å². The number of carbonyl (C=O) groups is 1. The van der Waals surface area contributed by atoms with Gasteiger partial charge in [0.25, 0.3) is 5.91 Å². The summed E-state index contributed by atoms with van der Waals surface area (Å²) in [5.74, 6) is -3.23. The first kappa shape index (κ1) is 23.8. The molecule has 0 radical (unpaired) electrons. The number of ether oxygens (including phenoxy) is 2. The molecule has 0 bridgehead atoms. The second-order valence-corrected chi connectivity index (χ2v) is 7.51. The highest BCUT2D eigenvalue weighted by Gasteiger charge is 2.57. The molecule has 174 valence electrons. The molecule has 3 unspecified atom stereocenters. The van der Waals surface area contributed by atoms with Crippen LogP contribution in [0.3, 0.4) is 0 Å². The van der Waals surface area contributed by atoms with Crippen LogP contribution in [0, 0.1) is 11.7 Å². The van der Waals surface area contributed by atoms with Gasteiger partial charge >= 0.3 is 6.18 Å². The minimum atomic E-state index is -4.59. The summed E-state index contributed by atoms with van der Waals surface area (Å²) in [6.07, 6.45) is -3.52. The van der Waals surface area contributed by atoms with E-state index in [0.717, 1.165) is 12.1 Å². The van der Waals surface area contributed by atoms with Gasteiger partial charge in [-0.25, -0.2) is 14.4 Å². The molecule has 8 nitrogen and oxygen atoms in total. The summed E-state index contributed by atoms with van der Waals surface area (Å²) < 4.78 is 65.5. The molecular formula is C20H23F4N5O3. The first-order valence-corrected chi connectivity index (χ1v) is 9.69. The number of nitrogens with zero attached hydrogens (tertiary/aromatic N) is 2. The summed E-state index contributed by atoms with van der Waals surface area (Å²) >= 11 is 0. The standard InChI is InChI=1S/C20H23F4N5O3/c1-19(15(20(22,23)24)8-16(25)29-19)12-7-11(3-4-13(12)21)28-18(30)14-9-27-17(10-26-14)32-6-5-31-2/h3-4,7,9-10,15-16,29H,5-6,8,25H2,1-2H3,(H,28,30). The zero-order valence-electron chi connectivity index (χ0n) is 17.4. The molecule has 4 N–H and O–H groups in total. The molecular weight excluding hydrogens is 434 g/mol. The van der Waals surface area contributed by atoms with Crippen LogP contribution < -0.4 is 21.1 Å². The SMILES string of the molecule is COCCOc1cnc(C(=O)Nc2ccc(F)c(C3(C)NC(N)CC3C(F)(F)F)c2)cn1. The van der Waals surface area contributed by atoms with E-state index >= 15 is 0 Å². The second-order valence-electron chi connectivity index (χ2n) is 7.51. The number of rotatable bonds is 7. The van der Waals surface area contributed by atoms with Gasteiger partial charge in [0.1, 0.15) is 18.1 Å². The van der Waals surface area contributed by atoms with Gasteiger partial charge in [-0.1, -0.05) is 0 Å². The Labute approximate surface area is 181 Å². The average Bonchev–Trinajstić information content (AvgIpc) is 3.05. The summed E-state index contributed by atoms with van der Waals surface area (Å²) in [6.45, 7) is 1.85. The summed E-state index contributed by atoms with van der Waals surface area (Å²) in [4.78, 5) is 20.4. The predicted molar refractivity (Wildman–Crippen MR) is 106 cm³/mol. The van der Waals surface area contributed by atoms with E-state index in [1.54, 1.807) is 0 Å². The lowest BCUT2D eigenvalue weighted by Crippen LogP contribution is -2.47. The molecule has 2 aromatic rings. The summed E-state index contributed by atoms with van der Waals surface area (Å²) in [5, 5.41) is 5.14. The van der Waals surface area contributed by atoms with Crippen LogP contribution >= 0.6 is 0 Å². The maximum Gasteiger partial charge on any atom is 0.394 e. The molecule has 1 saturated heterocycles. The summed E-state index contributed by atoms with van der Waals surface area (Å²) in [6, 6.07) is 3.40. The number of methoxy groups -OCH3 is 1. The highest BCUT2D eigenvalue weighted by atomic mass is 19.4. The highest BCUT2D eigenvalue weighted by Crippen LogP contribution is 2.47. The molecule has 1 aromatic carbocycles. The van der Waals surface area contributed by atoms with E-state index in [1.807, 2.05) is 0 Å². The normalized spacial score (nSPS) is 23.2. The van der Waals surface area contributed by atoms with Crippen LogP contribution in [-0.2, 0) is 10.3 Å². The van der Waals surface area contributed by atoms with Gasteiger partial charge in [-0.3, -0.25) is 10.1 Å². The smallest absolute Gasteiger partial charge is 0.394 e. The van der Waals surface area contributed by atoms with Gasteiger partial charge in [0, 0.05) is 18.4 Å². The fraction of sp³-hybridized carbons (Fsp3) is 0.450. The van der Waals surface area contributed by atoms with Gasteiger partial charge < -0.3 is 20.5 Å². The molecule has 0 aliphatic carbocycles. The molecule has 1 aliphatic heterocycles. The number of anilines is 1. The van der Waals surface area contributed by atoms with Gasteiger partial charge in [-0.05, 0) is 31.5 Å². The molecule has 0 spiro atoms. The van der Waals surface area contributed by atoms with Gasteiger partial charge in [-0.15, -0.1) is 0 Å². The number of hydrogen-bond donors (Lipinski definition) is 3. The molecule has 1 fully saturated rings. The first-order chi connectivity index (χ1) is 15.0. The van der Waals surface area contributed by atoms with Crippen molar-refractivity contribution < 1.29 is 31.8 Å². The van der Waals surface area contributed by atoms with Gasteiger partial charge in [0.05, 0.1) is 36.6 Å². The number of carbonyl (C=O) groups excluding carboxylic acids is 1. The van der Waals surface area contributed by atoms with Crippen molar-refractivity contribution in [2.45, 2.75) is 31.2 Å². The Morgan fingerprint density at radius 3 is 2.69 bits per heavy atom. The number of benzene rings is 1. The van der Waals surface area contributed by atoms with Gasteiger partial charge in [0.15, 0.2) is 0 Å². The van der Waals surface area contributed by atoms with Gasteiger partial charge in [0.2, 0.25) is 5.88 Å². The van der Waals surface area contributed by atoms with E-state index in [4.69, 9.17) is 15.2 Å². The molecule has 2 heterocycles.